The second kappa shape index (κ2) is 6.14. The van der Waals surface area contributed by atoms with Gasteiger partial charge in [0.15, 0.2) is 5.79 Å². The number of hydrogen-bond donors (Lipinski definition) is 2. The van der Waals surface area contributed by atoms with Gasteiger partial charge in [-0.2, -0.15) is 0 Å². The highest BCUT2D eigenvalue weighted by Crippen LogP contribution is 2.38. The molecule has 0 aromatic heterocycles. The fourth-order valence-corrected chi connectivity index (χ4v) is 2.07. The molecule has 17 heavy (non-hydrogen) atoms. The molecule has 2 aliphatic rings. The molecule has 1 aliphatic heterocycles. The second-order valence-corrected chi connectivity index (χ2v) is 5.70. The van der Waals surface area contributed by atoms with Crippen molar-refractivity contribution in [1.29, 1.82) is 0 Å². The Morgan fingerprint density at radius 3 is 1.94 bits per heavy atom. The summed E-state index contributed by atoms with van der Waals surface area (Å²) in [4.78, 5) is 0. The van der Waals surface area contributed by atoms with Gasteiger partial charge >= 0.3 is 0 Å². The molecule has 0 radical (unpaired) electrons. The maximum atomic E-state index is 9.41. The van der Waals surface area contributed by atoms with E-state index in [1.165, 1.54) is 0 Å². The second-order valence-electron chi connectivity index (χ2n) is 5.70. The van der Waals surface area contributed by atoms with Crippen molar-refractivity contribution >= 4 is 0 Å². The van der Waals surface area contributed by atoms with Gasteiger partial charge in [0.1, 0.15) is 0 Å². The van der Waals surface area contributed by atoms with Gasteiger partial charge < -0.3 is 19.7 Å². The third-order valence-corrected chi connectivity index (χ3v) is 3.17. The molecule has 0 atom stereocenters. The molecule has 2 rings (SSSR count). The lowest BCUT2D eigenvalue weighted by molar-refractivity contribution is -0.314. The Labute approximate surface area is 104 Å². The summed E-state index contributed by atoms with van der Waals surface area (Å²) >= 11 is 0. The van der Waals surface area contributed by atoms with Crippen LogP contribution in [0.3, 0.4) is 0 Å². The van der Waals surface area contributed by atoms with Crippen molar-refractivity contribution in [3.63, 3.8) is 0 Å². The molecule has 1 spiro atoms. The van der Waals surface area contributed by atoms with E-state index in [1.54, 1.807) is 6.92 Å². The van der Waals surface area contributed by atoms with E-state index in [-0.39, 0.29) is 23.9 Å². The largest absolute Gasteiger partial charge is 0.397 e. The van der Waals surface area contributed by atoms with Gasteiger partial charge in [-0.1, -0.05) is 13.8 Å². The molecule has 0 amide bonds. The first-order valence-corrected chi connectivity index (χ1v) is 6.50. The highest BCUT2D eigenvalue weighted by atomic mass is 16.7. The van der Waals surface area contributed by atoms with Gasteiger partial charge in [0.25, 0.3) is 0 Å². The highest BCUT2D eigenvalue weighted by molar-refractivity contribution is 4.85. The third-order valence-electron chi connectivity index (χ3n) is 3.17. The van der Waals surface area contributed by atoms with Crippen molar-refractivity contribution in [2.45, 2.75) is 58.3 Å². The summed E-state index contributed by atoms with van der Waals surface area (Å²) < 4.78 is 11.7. The summed E-state index contributed by atoms with van der Waals surface area (Å²) in [5.41, 5.74) is 0.140. The lowest BCUT2D eigenvalue weighted by atomic mass is 9.88. The molecule has 2 fully saturated rings. The highest BCUT2D eigenvalue weighted by Gasteiger charge is 2.42. The summed E-state index contributed by atoms with van der Waals surface area (Å²) in [7, 11) is 0. The van der Waals surface area contributed by atoms with Crippen molar-refractivity contribution in [3.05, 3.63) is 0 Å². The molecule has 0 bridgehead atoms. The third kappa shape index (κ3) is 4.54. The Bertz CT molecular complexity index is 207. The molecule has 2 N–H and O–H groups in total. The number of ether oxygens (including phenoxy) is 2. The lowest BCUT2D eigenvalue weighted by Gasteiger charge is -2.46. The van der Waals surface area contributed by atoms with Gasteiger partial charge in [0.2, 0.25) is 0 Å². The maximum absolute atomic E-state index is 9.41. The summed E-state index contributed by atoms with van der Waals surface area (Å²) in [6.07, 6.45) is 3.14. The van der Waals surface area contributed by atoms with E-state index in [0.717, 1.165) is 38.9 Å². The van der Waals surface area contributed by atoms with Crippen LogP contribution in [0, 0.1) is 5.41 Å². The Balaban J connectivity index is 0.000000437. The van der Waals surface area contributed by atoms with E-state index >= 15 is 0 Å². The number of hydrogen-bond acceptors (Lipinski definition) is 4. The SMILES string of the molecule is CC1(C)COC2(CCC(O)CC2)OC1.CCO. The summed E-state index contributed by atoms with van der Waals surface area (Å²) in [5, 5.41) is 17.0. The minimum Gasteiger partial charge on any atom is -0.397 e. The average Bonchev–Trinajstić information content (AvgIpc) is 2.28. The predicted octanol–water partition coefficient (Wildman–Crippen LogP) is 1.69. The Morgan fingerprint density at radius 2 is 1.53 bits per heavy atom. The molecule has 1 aliphatic carbocycles. The Kier molecular flexibility index (Phi) is 5.38. The zero-order valence-corrected chi connectivity index (χ0v) is 11.2. The molecule has 102 valence electrons. The van der Waals surface area contributed by atoms with Crippen molar-refractivity contribution in [3.8, 4) is 0 Å². The zero-order chi connectivity index (χ0) is 12.9. The van der Waals surface area contributed by atoms with E-state index in [4.69, 9.17) is 14.6 Å². The Morgan fingerprint density at radius 1 is 1.12 bits per heavy atom. The monoisotopic (exact) mass is 246 g/mol. The predicted molar refractivity (Wildman–Crippen MR) is 65.7 cm³/mol. The van der Waals surface area contributed by atoms with Gasteiger partial charge in [-0.05, 0) is 19.8 Å². The van der Waals surface area contributed by atoms with Gasteiger partial charge in [-0.3, -0.25) is 0 Å². The fourth-order valence-electron chi connectivity index (χ4n) is 2.07. The minimum absolute atomic E-state index is 0.140. The average molecular weight is 246 g/mol. The molecule has 1 saturated heterocycles. The van der Waals surface area contributed by atoms with E-state index in [1.807, 2.05) is 0 Å². The smallest absolute Gasteiger partial charge is 0.168 e. The standard InChI is InChI=1S/C11H20O3.C2H6O/c1-10(2)7-13-11(14-8-10)5-3-9(12)4-6-11;1-2-3/h9,12H,3-8H2,1-2H3;3H,2H2,1H3. The molecule has 0 aromatic carbocycles. The first kappa shape index (κ1) is 14.9. The maximum Gasteiger partial charge on any atom is 0.168 e. The van der Waals surface area contributed by atoms with Gasteiger partial charge in [0.05, 0.1) is 19.3 Å². The summed E-state index contributed by atoms with van der Waals surface area (Å²) in [6.45, 7) is 7.77. The van der Waals surface area contributed by atoms with Crippen LogP contribution >= 0.6 is 0 Å². The van der Waals surface area contributed by atoms with Crippen LogP contribution in [0.5, 0.6) is 0 Å². The van der Waals surface area contributed by atoms with Crippen LogP contribution in [0.4, 0.5) is 0 Å². The van der Waals surface area contributed by atoms with E-state index in [9.17, 15) is 5.11 Å². The molecular weight excluding hydrogens is 220 g/mol. The van der Waals surface area contributed by atoms with E-state index < -0.39 is 0 Å². The van der Waals surface area contributed by atoms with Gasteiger partial charge in [-0.25, -0.2) is 0 Å². The normalized spacial score (nSPS) is 27.4. The molecule has 1 heterocycles. The van der Waals surface area contributed by atoms with Gasteiger partial charge in [-0.15, -0.1) is 0 Å². The van der Waals surface area contributed by atoms with E-state index in [2.05, 4.69) is 13.8 Å². The zero-order valence-electron chi connectivity index (χ0n) is 11.2. The van der Waals surface area contributed by atoms with Crippen LogP contribution in [0.25, 0.3) is 0 Å². The van der Waals surface area contributed by atoms with Crippen LogP contribution in [0.1, 0.15) is 46.5 Å². The number of aliphatic hydroxyl groups is 2. The number of aliphatic hydroxyl groups excluding tert-OH is 2. The molecular formula is C13H26O4. The van der Waals surface area contributed by atoms with Crippen LogP contribution in [-0.4, -0.2) is 41.9 Å². The molecule has 0 aromatic rings. The van der Waals surface area contributed by atoms with Crippen LogP contribution in [0.15, 0.2) is 0 Å². The fraction of sp³-hybridized carbons (Fsp3) is 1.00. The summed E-state index contributed by atoms with van der Waals surface area (Å²) in [6, 6.07) is 0. The van der Waals surface area contributed by atoms with Crippen molar-refractivity contribution in [2.75, 3.05) is 19.8 Å². The first-order chi connectivity index (χ1) is 7.93. The summed E-state index contributed by atoms with van der Waals surface area (Å²) in [5.74, 6) is -0.366. The topological polar surface area (TPSA) is 58.9 Å². The molecule has 4 heteroatoms. The first-order valence-electron chi connectivity index (χ1n) is 6.50. The van der Waals surface area contributed by atoms with Crippen LogP contribution in [-0.2, 0) is 9.47 Å². The quantitative estimate of drug-likeness (QED) is 0.683. The molecule has 0 unspecified atom stereocenters. The van der Waals surface area contributed by atoms with E-state index in [0.29, 0.717) is 0 Å². The number of rotatable bonds is 0. The van der Waals surface area contributed by atoms with Crippen molar-refractivity contribution in [1.82, 2.24) is 0 Å². The van der Waals surface area contributed by atoms with Gasteiger partial charge in [0, 0.05) is 24.9 Å². The van der Waals surface area contributed by atoms with Crippen molar-refractivity contribution < 1.29 is 19.7 Å². The molecule has 1 saturated carbocycles. The van der Waals surface area contributed by atoms with Crippen LogP contribution in [0.2, 0.25) is 0 Å². The van der Waals surface area contributed by atoms with Crippen LogP contribution < -0.4 is 0 Å². The Hall–Kier alpha value is -0.160. The van der Waals surface area contributed by atoms with Crippen molar-refractivity contribution in [2.24, 2.45) is 5.41 Å². The molecule has 4 nitrogen and oxygen atoms in total. The lowest BCUT2D eigenvalue weighted by Crippen LogP contribution is -2.49. The minimum atomic E-state index is -0.366.